The van der Waals surface area contributed by atoms with Crippen molar-refractivity contribution in [1.29, 1.82) is 0 Å². The number of likely N-dealkylation sites (N-methyl/N-ethyl adjacent to an activating group) is 2. The van der Waals surface area contributed by atoms with E-state index < -0.39 is 0 Å². The van der Waals surface area contributed by atoms with E-state index in [4.69, 9.17) is 5.11 Å². The fourth-order valence-corrected chi connectivity index (χ4v) is 1.92. The number of rotatable bonds is 10. The second-order valence-corrected chi connectivity index (χ2v) is 4.63. The van der Waals surface area contributed by atoms with Gasteiger partial charge in [-0.3, -0.25) is 0 Å². The molecule has 0 aromatic heterocycles. The molecule has 0 aromatic rings. The molecule has 0 aliphatic rings. The van der Waals surface area contributed by atoms with Gasteiger partial charge < -0.3 is 15.3 Å². The van der Waals surface area contributed by atoms with E-state index in [2.05, 4.69) is 37.9 Å². The van der Waals surface area contributed by atoms with E-state index >= 15 is 0 Å². The summed E-state index contributed by atoms with van der Waals surface area (Å²) < 4.78 is 0. The van der Waals surface area contributed by atoms with Crippen molar-refractivity contribution < 1.29 is 5.11 Å². The summed E-state index contributed by atoms with van der Waals surface area (Å²) in [5, 5.41) is 12.5. The first-order valence-corrected chi connectivity index (χ1v) is 6.74. The Bertz CT molecular complexity index is 147. The Labute approximate surface area is 101 Å². The van der Waals surface area contributed by atoms with Gasteiger partial charge in [0, 0.05) is 25.7 Å². The lowest BCUT2D eigenvalue weighted by atomic mass is 10.1. The van der Waals surface area contributed by atoms with Gasteiger partial charge in [-0.15, -0.1) is 0 Å². The normalized spacial score (nSPS) is 15.4. The molecule has 3 heteroatoms. The molecule has 0 aliphatic carbocycles. The molecule has 0 spiro atoms. The predicted molar refractivity (Wildman–Crippen MR) is 70.7 cm³/mol. The zero-order valence-corrected chi connectivity index (χ0v) is 11.5. The lowest BCUT2D eigenvalue weighted by Crippen LogP contribution is -2.43. The zero-order chi connectivity index (χ0) is 12.4. The third-order valence-corrected chi connectivity index (χ3v) is 3.16. The maximum absolute atomic E-state index is 9.02. The molecule has 0 amide bonds. The van der Waals surface area contributed by atoms with Crippen LogP contribution in [-0.4, -0.2) is 48.8 Å². The summed E-state index contributed by atoms with van der Waals surface area (Å²) in [6.07, 6.45) is 2.09. The summed E-state index contributed by atoms with van der Waals surface area (Å²) in [5.74, 6) is 0.761. The number of nitrogens with one attached hydrogen (secondary N) is 1. The van der Waals surface area contributed by atoms with Crippen molar-refractivity contribution in [3.8, 4) is 0 Å². The molecule has 0 aliphatic heterocycles. The number of hydrogen-bond donors (Lipinski definition) is 2. The molecular weight excluding hydrogens is 200 g/mol. The predicted octanol–water partition coefficient (Wildman–Crippen LogP) is 1.71. The van der Waals surface area contributed by atoms with Crippen LogP contribution in [0.1, 0.15) is 40.5 Å². The lowest BCUT2D eigenvalue weighted by Gasteiger charge is -2.28. The molecule has 16 heavy (non-hydrogen) atoms. The molecule has 2 N–H and O–H groups in total. The standard InChI is InChI=1S/C13H30N2O/c1-5-12(4)10-15(7-3)11-13(8-9-16)14-6-2/h12-14,16H,5-11H2,1-4H3. The Morgan fingerprint density at radius 1 is 1.19 bits per heavy atom. The molecule has 2 atom stereocenters. The Morgan fingerprint density at radius 2 is 1.88 bits per heavy atom. The molecule has 3 nitrogen and oxygen atoms in total. The van der Waals surface area contributed by atoms with Gasteiger partial charge in [0.2, 0.25) is 0 Å². The summed E-state index contributed by atoms with van der Waals surface area (Å²) in [4.78, 5) is 2.48. The Balaban J connectivity index is 4.03. The van der Waals surface area contributed by atoms with E-state index in [1.165, 1.54) is 13.0 Å². The monoisotopic (exact) mass is 230 g/mol. The summed E-state index contributed by atoms with van der Waals surface area (Å²) >= 11 is 0. The molecule has 0 saturated heterocycles. The highest BCUT2D eigenvalue weighted by molar-refractivity contribution is 4.72. The minimum Gasteiger partial charge on any atom is -0.396 e. The molecule has 0 bridgehead atoms. The quantitative estimate of drug-likeness (QED) is 0.600. The molecule has 98 valence electrons. The Hall–Kier alpha value is -0.120. The first-order valence-electron chi connectivity index (χ1n) is 6.74. The molecular formula is C13H30N2O. The van der Waals surface area contributed by atoms with E-state index in [0.717, 1.165) is 32.0 Å². The van der Waals surface area contributed by atoms with Crippen molar-refractivity contribution in [2.24, 2.45) is 5.92 Å². The third kappa shape index (κ3) is 7.20. The number of nitrogens with zero attached hydrogens (tertiary/aromatic N) is 1. The highest BCUT2D eigenvalue weighted by Crippen LogP contribution is 2.05. The maximum Gasteiger partial charge on any atom is 0.0446 e. The van der Waals surface area contributed by atoms with Gasteiger partial charge in [-0.2, -0.15) is 0 Å². The van der Waals surface area contributed by atoms with Crippen LogP contribution in [0.5, 0.6) is 0 Å². The highest BCUT2D eigenvalue weighted by Gasteiger charge is 2.13. The van der Waals surface area contributed by atoms with Crippen LogP contribution in [0.2, 0.25) is 0 Å². The van der Waals surface area contributed by atoms with E-state index in [-0.39, 0.29) is 6.61 Å². The van der Waals surface area contributed by atoms with Gasteiger partial charge in [0.05, 0.1) is 0 Å². The summed E-state index contributed by atoms with van der Waals surface area (Å²) in [7, 11) is 0. The van der Waals surface area contributed by atoms with Gasteiger partial charge in [-0.05, 0) is 25.4 Å². The summed E-state index contributed by atoms with van der Waals surface area (Å²) in [6, 6.07) is 0.430. The smallest absolute Gasteiger partial charge is 0.0446 e. The first-order chi connectivity index (χ1) is 7.67. The molecule has 0 rings (SSSR count). The van der Waals surface area contributed by atoms with Crippen LogP contribution < -0.4 is 5.32 Å². The molecule has 0 saturated carbocycles. The van der Waals surface area contributed by atoms with Crippen LogP contribution in [0.25, 0.3) is 0 Å². The van der Waals surface area contributed by atoms with Crippen LogP contribution in [0.4, 0.5) is 0 Å². The van der Waals surface area contributed by atoms with Gasteiger partial charge >= 0.3 is 0 Å². The molecule has 0 heterocycles. The van der Waals surface area contributed by atoms with Crippen LogP contribution in [0.3, 0.4) is 0 Å². The van der Waals surface area contributed by atoms with Crippen molar-refractivity contribution in [1.82, 2.24) is 10.2 Å². The number of aliphatic hydroxyl groups is 1. The average molecular weight is 230 g/mol. The van der Waals surface area contributed by atoms with Gasteiger partial charge in [0.25, 0.3) is 0 Å². The van der Waals surface area contributed by atoms with E-state index in [1.54, 1.807) is 0 Å². The van der Waals surface area contributed by atoms with Crippen molar-refractivity contribution in [3.63, 3.8) is 0 Å². The van der Waals surface area contributed by atoms with Crippen molar-refractivity contribution >= 4 is 0 Å². The first kappa shape index (κ1) is 15.9. The number of aliphatic hydroxyl groups excluding tert-OH is 1. The Kier molecular flexibility index (Phi) is 9.99. The highest BCUT2D eigenvalue weighted by atomic mass is 16.3. The van der Waals surface area contributed by atoms with Crippen LogP contribution in [0.15, 0.2) is 0 Å². The number of hydrogen-bond acceptors (Lipinski definition) is 3. The van der Waals surface area contributed by atoms with Gasteiger partial charge in [0.1, 0.15) is 0 Å². The summed E-state index contributed by atoms with van der Waals surface area (Å²) in [5.41, 5.74) is 0. The van der Waals surface area contributed by atoms with Crippen molar-refractivity contribution in [2.45, 2.75) is 46.6 Å². The largest absolute Gasteiger partial charge is 0.396 e. The van der Waals surface area contributed by atoms with Crippen LogP contribution >= 0.6 is 0 Å². The van der Waals surface area contributed by atoms with Crippen molar-refractivity contribution in [2.75, 3.05) is 32.8 Å². The van der Waals surface area contributed by atoms with Gasteiger partial charge in [-0.25, -0.2) is 0 Å². The van der Waals surface area contributed by atoms with E-state index in [0.29, 0.717) is 6.04 Å². The fourth-order valence-electron chi connectivity index (χ4n) is 1.92. The Morgan fingerprint density at radius 3 is 2.31 bits per heavy atom. The van der Waals surface area contributed by atoms with Crippen LogP contribution in [-0.2, 0) is 0 Å². The summed E-state index contributed by atoms with van der Waals surface area (Å²) in [6.45, 7) is 13.4. The van der Waals surface area contributed by atoms with E-state index in [1.807, 2.05) is 0 Å². The minimum absolute atomic E-state index is 0.276. The third-order valence-electron chi connectivity index (χ3n) is 3.16. The zero-order valence-electron chi connectivity index (χ0n) is 11.5. The minimum atomic E-state index is 0.276. The second kappa shape index (κ2) is 10.1. The van der Waals surface area contributed by atoms with Crippen LogP contribution in [0, 0.1) is 5.92 Å². The molecule has 2 unspecified atom stereocenters. The van der Waals surface area contributed by atoms with Gasteiger partial charge in [-0.1, -0.05) is 34.1 Å². The second-order valence-electron chi connectivity index (χ2n) is 4.63. The van der Waals surface area contributed by atoms with Gasteiger partial charge in [0.15, 0.2) is 0 Å². The molecule has 0 aromatic carbocycles. The topological polar surface area (TPSA) is 35.5 Å². The maximum atomic E-state index is 9.02. The lowest BCUT2D eigenvalue weighted by molar-refractivity contribution is 0.196. The molecule has 0 radical (unpaired) electrons. The fraction of sp³-hybridized carbons (Fsp3) is 1.00. The van der Waals surface area contributed by atoms with Crippen molar-refractivity contribution in [3.05, 3.63) is 0 Å². The average Bonchev–Trinajstić information content (AvgIpc) is 2.28. The SMILES string of the molecule is CCNC(CCO)CN(CC)CC(C)CC. The van der Waals surface area contributed by atoms with E-state index in [9.17, 15) is 0 Å². The molecule has 0 fully saturated rings.